The Hall–Kier alpha value is -2.15. The smallest absolute Gasteiger partial charge is 0.306 e. The standard InChI is InChI=1S/C15H18ClNO6/c1-10(2)8-22-14(18)5-6-15(19)23-9-11-3-4-12(16)7-13(11)17(20)21/h3-4,7,10H,5-6,8-9H2,1-2H3. The molecule has 0 aliphatic heterocycles. The Labute approximate surface area is 138 Å². The number of nitro benzene ring substituents is 1. The Morgan fingerprint density at radius 2 is 1.83 bits per heavy atom. The molecule has 0 spiro atoms. The van der Waals surface area contributed by atoms with Crippen molar-refractivity contribution in [2.24, 2.45) is 5.92 Å². The van der Waals surface area contributed by atoms with Crippen LogP contribution in [-0.4, -0.2) is 23.5 Å². The fourth-order valence-electron chi connectivity index (χ4n) is 1.60. The molecule has 0 aliphatic carbocycles. The predicted octanol–water partition coefficient (Wildman–Crippen LogP) is 3.27. The van der Waals surface area contributed by atoms with Crippen molar-refractivity contribution in [3.05, 3.63) is 38.9 Å². The lowest BCUT2D eigenvalue weighted by atomic mass is 10.2. The zero-order chi connectivity index (χ0) is 17.4. The zero-order valence-corrected chi connectivity index (χ0v) is 13.7. The summed E-state index contributed by atoms with van der Waals surface area (Å²) in [5.41, 5.74) is 0.0109. The molecule has 1 aromatic rings. The highest BCUT2D eigenvalue weighted by Gasteiger charge is 2.16. The minimum Gasteiger partial charge on any atom is -0.465 e. The van der Waals surface area contributed by atoms with Crippen molar-refractivity contribution < 1.29 is 24.0 Å². The summed E-state index contributed by atoms with van der Waals surface area (Å²) >= 11 is 5.70. The first kappa shape index (κ1) is 18.9. The molecule has 126 valence electrons. The summed E-state index contributed by atoms with van der Waals surface area (Å²) in [4.78, 5) is 33.3. The zero-order valence-electron chi connectivity index (χ0n) is 12.9. The van der Waals surface area contributed by atoms with Crippen LogP contribution in [0.4, 0.5) is 5.69 Å². The van der Waals surface area contributed by atoms with Crippen LogP contribution in [0.5, 0.6) is 0 Å². The van der Waals surface area contributed by atoms with E-state index in [0.29, 0.717) is 6.61 Å². The van der Waals surface area contributed by atoms with Gasteiger partial charge in [-0.25, -0.2) is 0 Å². The van der Waals surface area contributed by atoms with Crippen LogP contribution in [0.15, 0.2) is 18.2 Å². The third-order valence-corrected chi connectivity index (χ3v) is 2.98. The largest absolute Gasteiger partial charge is 0.465 e. The number of nitro groups is 1. The monoisotopic (exact) mass is 343 g/mol. The number of hydrogen-bond donors (Lipinski definition) is 0. The highest BCUT2D eigenvalue weighted by Crippen LogP contribution is 2.23. The molecule has 8 heteroatoms. The van der Waals surface area contributed by atoms with E-state index in [1.165, 1.54) is 18.2 Å². The molecule has 0 bridgehead atoms. The number of benzene rings is 1. The summed E-state index contributed by atoms with van der Waals surface area (Å²) in [6, 6.07) is 4.08. The molecule has 0 atom stereocenters. The lowest BCUT2D eigenvalue weighted by Gasteiger charge is -2.08. The van der Waals surface area contributed by atoms with Crippen LogP contribution in [0.1, 0.15) is 32.3 Å². The van der Waals surface area contributed by atoms with Crippen molar-refractivity contribution in [2.75, 3.05) is 6.61 Å². The average molecular weight is 344 g/mol. The molecule has 0 heterocycles. The fraction of sp³-hybridized carbons (Fsp3) is 0.467. The van der Waals surface area contributed by atoms with Gasteiger partial charge in [0.25, 0.3) is 5.69 Å². The van der Waals surface area contributed by atoms with Crippen LogP contribution >= 0.6 is 11.6 Å². The van der Waals surface area contributed by atoms with Crippen molar-refractivity contribution >= 4 is 29.2 Å². The predicted molar refractivity (Wildman–Crippen MR) is 82.9 cm³/mol. The van der Waals surface area contributed by atoms with Gasteiger partial charge in [-0.05, 0) is 18.1 Å². The van der Waals surface area contributed by atoms with Gasteiger partial charge in [0.05, 0.1) is 29.9 Å². The van der Waals surface area contributed by atoms with Crippen LogP contribution in [0.25, 0.3) is 0 Å². The highest BCUT2D eigenvalue weighted by atomic mass is 35.5. The van der Waals surface area contributed by atoms with Crippen LogP contribution < -0.4 is 0 Å². The van der Waals surface area contributed by atoms with E-state index < -0.39 is 16.9 Å². The van der Waals surface area contributed by atoms with Gasteiger partial charge < -0.3 is 9.47 Å². The summed E-state index contributed by atoms with van der Waals surface area (Å²) in [5, 5.41) is 11.1. The van der Waals surface area contributed by atoms with Gasteiger partial charge in [-0.1, -0.05) is 25.4 Å². The first-order valence-electron chi connectivity index (χ1n) is 7.03. The summed E-state index contributed by atoms with van der Waals surface area (Å²) < 4.78 is 9.87. The second-order valence-electron chi connectivity index (χ2n) is 5.27. The Morgan fingerprint density at radius 1 is 1.22 bits per heavy atom. The van der Waals surface area contributed by atoms with Gasteiger partial charge in [-0.15, -0.1) is 0 Å². The van der Waals surface area contributed by atoms with E-state index in [2.05, 4.69) is 0 Å². The Morgan fingerprint density at radius 3 is 2.39 bits per heavy atom. The molecule has 0 aliphatic rings. The second-order valence-corrected chi connectivity index (χ2v) is 5.70. The SMILES string of the molecule is CC(C)COC(=O)CCC(=O)OCc1ccc(Cl)cc1[N+](=O)[O-]. The number of carbonyl (C=O) groups excluding carboxylic acids is 2. The van der Waals surface area contributed by atoms with E-state index in [4.69, 9.17) is 21.1 Å². The molecular formula is C15H18ClNO6. The normalized spacial score (nSPS) is 10.4. The molecule has 0 amide bonds. The van der Waals surface area contributed by atoms with Gasteiger partial charge in [-0.2, -0.15) is 0 Å². The first-order valence-corrected chi connectivity index (χ1v) is 7.41. The number of hydrogen-bond acceptors (Lipinski definition) is 6. The molecule has 0 aromatic heterocycles. The van der Waals surface area contributed by atoms with E-state index >= 15 is 0 Å². The van der Waals surface area contributed by atoms with Gasteiger partial charge >= 0.3 is 11.9 Å². The number of rotatable bonds is 8. The van der Waals surface area contributed by atoms with E-state index in [9.17, 15) is 19.7 Å². The molecule has 0 saturated heterocycles. The lowest BCUT2D eigenvalue weighted by molar-refractivity contribution is -0.385. The van der Waals surface area contributed by atoms with Crippen LogP contribution in [0.3, 0.4) is 0 Å². The van der Waals surface area contributed by atoms with E-state index in [1.807, 2.05) is 13.8 Å². The molecule has 0 N–H and O–H groups in total. The molecule has 1 aromatic carbocycles. The van der Waals surface area contributed by atoms with Gasteiger partial charge in [0.15, 0.2) is 0 Å². The van der Waals surface area contributed by atoms with E-state index in [1.54, 1.807) is 0 Å². The minimum atomic E-state index is -0.629. The maximum atomic E-state index is 11.6. The fourth-order valence-corrected chi connectivity index (χ4v) is 1.76. The quantitative estimate of drug-likeness (QED) is 0.408. The maximum Gasteiger partial charge on any atom is 0.306 e. The average Bonchev–Trinajstić information content (AvgIpc) is 2.49. The van der Waals surface area contributed by atoms with Crippen LogP contribution in [-0.2, 0) is 25.7 Å². The topological polar surface area (TPSA) is 95.7 Å². The van der Waals surface area contributed by atoms with Crippen molar-refractivity contribution in [1.29, 1.82) is 0 Å². The van der Waals surface area contributed by atoms with E-state index in [0.717, 1.165) is 0 Å². The van der Waals surface area contributed by atoms with E-state index in [-0.39, 0.29) is 41.6 Å². The third kappa shape index (κ3) is 7.10. The lowest BCUT2D eigenvalue weighted by Crippen LogP contribution is -2.13. The molecule has 0 unspecified atom stereocenters. The summed E-state index contributed by atoms with van der Waals surface area (Å²) in [6.07, 6.45) is -0.230. The minimum absolute atomic E-state index is 0.0890. The summed E-state index contributed by atoms with van der Waals surface area (Å²) in [6.45, 7) is 3.85. The Balaban J connectivity index is 2.45. The van der Waals surface area contributed by atoms with Crippen molar-refractivity contribution in [3.63, 3.8) is 0 Å². The molecule has 7 nitrogen and oxygen atoms in total. The summed E-state index contributed by atoms with van der Waals surface area (Å²) in [5.74, 6) is -0.889. The van der Waals surface area contributed by atoms with Crippen LogP contribution in [0, 0.1) is 16.0 Å². The van der Waals surface area contributed by atoms with Crippen LogP contribution in [0.2, 0.25) is 5.02 Å². The summed E-state index contributed by atoms with van der Waals surface area (Å²) in [7, 11) is 0. The van der Waals surface area contributed by atoms with Gasteiger partial charge in [0, 0.05) is 11.1 Å². The molecule has 23 heavy (non-hydrogen) atoms. The molecule has 0 fully saturated rings. The number of carbonyl (C=O) groups is 2. The number of nitrogens with zero attached hydrogens (tertiary/aromatic N) is 1. The van der Waals surface area contributed by atoms with Crippen molar-refractivity contribution in [1.82, 2.24) is 0 Å². The van der Waals surface area contributed by atoms with Gasteiger partial charge in [0.1, 0.15) is 6.61 Å². The number of ether oxygens (including phenoxy) is 2. The van der Waals surface area contributed by atoms with Crippen molar-refractivity contribution in [2.45, 2.75) is 33.3 Å². The molecule has 0 radical (unpaired) electrons. The van der Waals surface area contributed by atoms with Crippen molar-refractivity contribution in [3.8, 4) is 0 Å². The number of halogens is 1. The second kappa shape index (κ2) is 9.09. The Kier molecular flexibility index (Phi) is 7.47. The first-order chi connectivity index (χ1) is 10.8. The molecule has 1 rings (SSSR count). The van der Waals surface area contributed by atoms with Gasteiger partial charge in [0.2, 0.25) is 0 Å². The van der Waals surface area contributed by atoms with Gasteiger partial charge in [-0.3, -0.25) is 19.7 Å². The molecular weight excluding hydrogens is 326 g/mol. The Bertz CT molecular complexity index is 587. The maximum absolute atomic E-state index is 11.6. The third-order valence-electron chi connectivity index (χ3n) is 2.74. The molecule has 0 saturated carbocycles. The number of esters is 2. The highest BCUT2D eigenvalue weighted by molar-refractivity contribution is 6.30.